The van der Waals surface area contributed by atoms with Crippen LogP contribution in [-0.2, 0) is 16.0 Å². The third-order valence-electron chi connectivity index (χ3n) is 6.37. The minimum Gasteiger partial charge on any atom is -0.466 e. The number of rotatable bonds is 5. The monoisotopic (exact) mass is 445 g/mol. The van der Waals surface area contributed by atoms with Gasteiger partial charge in [0.05, 0.1) is 17.4 Å². The van der Waals surface area contributed by atoms with E-state index in [0.717, 1.165) is 25.7 Å². The Labute approximate surface area is 192 Å². The van der Waals surface area contributed by atoms with Crippen molar-refractivity contribution < 1.29 is 9.47 Å². The molecule has 3 aliphatic rings. The van der Waals surface area contributed by atoms with Gasteiger partial charge in [-0.15, -0.1) is 0 Å². The summed E-state index contributed by atoms with van der Waals surface area (Å²) in [5.41, 5.74) is 2.10. The van der Waals surface area contributed by atoms with Gasteiger partial charge in [-0.25, -0.2) is 15.0 Å². The quantitative estimate of drug-likeness (QED) is 0.686. The normalized spacial score (nSPS) is 19.6. The average Bonchev–Trinajstić information content (AvgIpc) is 2.84. The molecule has 2 aromatic heterocycles. The summed E-state index contributed by atoms with van der Waals surface area (Å²) in [5, 5.41) is 0. The zero-order valence-corrected chi connectivity index (χ0v) is 18.8. The van der Waals surface area contributed by atoms with Crippen LogP contribution >= 0.6 is 0 Å². The number of allylic oxidation sites excluding steroid dienone is 3. The lowest BCUT2D eigenvalue weighted by Gasteiger charge is -2.48. The smallest absolute Gasteiger partial charge is 0.255 e. The number of aromatic nitrogens is 4. The van der Waals surface area contributed by atoms with Crippen LogP contribution in [0.5, 0.6) is 0 Å². The van der Waals surface area contributed by atoms with Crippen LogP contribution < -0.4 is 10.5 Å². The standard InChI is InChI=1S/C25H27N5O3/c1-25(2)9-11-29-23(31)15-20(19-8-10-26-17-27-19)28-24(29)30(25)21(22-16-32-12-13-33-22)14-18-6-4-3-5-7-18/h3-4,6,8,10,12-13,15-17,21H,5,7,9,11,14H2,1-2H3. The highest BCUT2D eigenvalue weighted by atomic mass is 16.5. The topological polar surface area (TPSA) is 82.4 Å². The Morgan fingerprint density at radius 1 is 1.24 bits per heavy atom. The van der Waals surface area contributed by atoms with E-state index in [1.165, 1.54) is 18.2 Å². The Hall–Kier alpha value is -3.68. The van der Waals surface area contributed by atoms with Crippen molar-refractivity contribution in [2.24, 2.45) is 0 Å². The van der Waals surface area contributed by atoms with Gasteiger partial charge >= 0.3 is 0 Å². The van der Waals surface area contributed by atoms with Gasteiger partial charge in [-0.2, -0.15) is 0 Å². The van der Waals surface area contributed by atoms with Crippen molar-refractivity contribution in [1.82, 2.24) is 19.5 Å². The molecule has 0 amide bonds. The van der Waals surface area contributed by atoms with Crippen molar-refractivity contribution in [3.63, 3.8) is 0 Å². The van der Waals surface area contributed by atoms with Gasteiger partial charge in [0, 0.05) is 24.3 Å². The summed E-state index contributed by atoms with van der Waals surface area (Å²) in [4.78, 5) is 28.6. The fourth-order valence-electron chi connectivity index (χ4n) is 4.62. The van der Waals surface area contributed by atoms with Gasteiger partial charge in [0.25, 0.3) is 5.56 Å². The van der Waals surface area contributed by atoms with E-state index in [2.05, 4.69) is 46.9 Å². The van der Waals surface area contributed by atoms with Crippen LogP contribution in [0.15, 0.2) is 77.8 Å². The molecule has 0 aromatic carbocycles. The Morgan fingerprint density at radius 2 is 2.15 bits per heavy atom. The molecule has 170 valence electrons. The summed E-state index contributed by atoms with van der Waals surface area (Å²) in [5.74, 6) is 1.31. The number of hydrogen-bond donors (Lipinski definition) is 0. The molecule has 0 saturated carbocycles. The molecule has 1 aliphatic carbocycles. The number of fused-ring (bicyclic) bond motifs is 1. The predicted octanol–water partition coefficient (Wildman–Crippen LogP) is 4.08. The highest BCUT2D eigenvalue weighted by molar-refractivity contribution is 5.56. The summed E-state index contributed by atoms with van der Waals surface area (Å²) < 4.78 is 13.2. The van der Waals surface area contributed by atoms with Crippen molar-refractivity contribution in [2.75, 3.05) is 4.90 Å². The van der Waals surface area contributed by atoms with Crippen LogP contribution in [0, 0.1) is 0 Å². The van der Waals surface area contributed by atoms with E-state index in [9.17, 15) is 4.79 Å². The molecule has 1 unspecified atom stereocenters. The zero-order chi connectivity index (χ0) is 22.8. The maximum absolute atomic E-state index is 13.2. The van der Waals surface area contributed by atoms with E-state index in [4.69, 9.17) is 14.5 Å². The zero-order valence-electron chi connectivity index (χ0n) is 18.8. The minimum absolute atomic E-state index is 0.0950. The summed E-state index contributed by atoms with van der Waals surface area (Å²) in [7, 11) is 0. The van der Waals surface area contributed by atoms with E-state index in [-0.39, 0.29) is 17.1 Å². The van der Waals surface area contributed by atoms with Gasteiger partial charge in [-0.3, -0.25) is 9.36 Å². The molecule has 1 atom stereocenters. The lowest BCUT2D eigenvalue weighted by molar-refractivity contribution is 0.215. The molecule has 0 fully saturated rings. The molecule has 4 heterocycles. The molecule has 2 aliphatic heterocycles. The summed E-state index contributed by atoms with van der Waals surface area (Å²) >= 11 is 0. The largest absolute Gasteiger partial charge is 0.466 e. The van der Waals surface area contributed by atoms with Gasteiger partial charge in [0.2, 0.25) is 5.95 Å². The van der Waals surface area contributed by atoms with Crippen molar-refractivity contribution >= 4 is 5.95 Å². The fourth-order valence-corrected chi connectivity index (χ4v) is 4.62. The van der Waals surface area contributed by atoms with Gasteiger partial charge in [0.1, 0.15) is 25.1 Å². The van der Waals surface area contributed by atoms with Gasteiger partial charge in [-0.1, -0.05) is 23.8 Å². The summed E-state index contributed by atoms with van der Waals surface area (Å²) in [6, 6.07) is 3.12. The second-order valence-corrected chi connectivity index (χ2v) is 9.02. The highest BCUT2D eigenvalue weighted by Crippen LogP contribution is 2.38. The van der Waals surface area contributed by atoms with E-state index in [1.807, 2.05) is 0 Å². The molecule has 0 radical (unpaired) electrons. The Bertz CT molecular complexity index is 1210. The molecule has 5 rings (SSSR count). The molecular formula is C25H27N5O3. The minimum atomic E-state index is -0.273. The number of anilines is 1. The predicted molar refractivity (Wildman–Crippen MR) is 125 cm³/mol. The van der Waals surface area contributed by atoms with Crippen LogP contribution in [0.1, 0.15) is 39.5 Å². The van der Waals surface area contributed by atoms with Gasteiger partial charge in [-0.05, 0) is 45.6 Å². The second-order valence-electron chi connectivity index (χ2n) is 9.02. The van der Waals surface area contributed by atoms with Crippen molar-refractivity contribution in [3.05, 3.63) is 83.4 Å². The van der Waals surface area contributed by atoms with E-state index in [0.29, 0.717) is 29.6 Å². The Kier molecular flexibility index (Phi) is 5.58. The molecule has 0 spiro atoms. The van der Waals surface area contributed by atoms with Crippen LogP contribution in [0.2, 0.25) is 0 Å². The second kappa shape index (κ2) is 8.69. The van der Waals surface area contributed by atoms with Crippen LogP contribution in [0.4, 0.5) is 5.95 Å². The highest BCUT2D eigenvalue weighted by Gasteiger charge is 2.42. The molecule has 0 saturated heterocycles. The first-order valence-corrected chi connectivity index (χ1v) is 11.2. The maximum atomic E-state index is 13.2. The first-order chi connectivity index (χ1) is 16.0. The molecule has 8 nitrogen and oxygen atoms in total. The fraction of sp³-hybridized carbons (Fsp3) is 0.360. The number of ether oxygens (including phenoxy) is 2. The molecule has 8 heteroatoms. The average molecular weight is 446 g/mol. The van der Waals surface area contributed by atoms with E-state index in [1.54, 1.807) is 35.4 Å². The first-order valence-electron chi connectivity index (χ1n) is 11.2. The Balaban J connectivity index is 1.65. The van der Waals surface area contributed by atoms with Gasteiger partial charge < -0.3 is 14.4 Å². The third-order valence-corrected chi connectivity index (χ3v) is 6.37. The van der Waals surface area contributed by atoms with Crippen LogP contribution in [-0.4, -0.2) is 31.1 Å². The van der Waals surface area contributed by atoms with Crippen molar-refractivity contribution in [1.29, 1.82) is 0 Å². The SMILES string of the molecule is CC1(C)CCn2c(nc(-c3ccncn3)cc2=O)N1C(CC1=CC=CCC1)C1=COC=CO1. The van der Waals surface area contributed by atoms with Crippen molar-refractivity contribution in [2.45, 2.75) is 57.7 Å². The summed E-state index contributed by atoms with van der Waals surface area (Å²) in [6.07, 6.45) is 17.8. The van der Waals surface area contributed by atoms with Crippen LogP contribution in [0.3, 0.4) is 0 Å². The molecule has 2 aromatic rings. The number of nitrogens with zero attached hydrogens (tertiary/aromatic N) is 5. The Morgan fingerprint density at radius 3 is 2.88 bits per heavy atom. The molecule has 0 N–H and O–H groups in total. The molecule has 33 heavy (non-hydrogen) atoms. The maximum Gasteiger partial charge on any atom is 0.255 e. The summed E-state index contributed by atoms with van der Waals surface area (Å²) in [6.45, 7) is 4.97. The van der Waals surface area contributed by atoms with E-state index >= 15 is 0 Å². The van der Waals surface area contributed by atoms with Gasteiger partial charge in [0.15, 0.2) is 5.76 Å². The number of hydrogen-bond acceptors (Lipinski definition) is 7. The van der Waals surface area contributed by atoms with Crippen molar-refractivity contribution in [3.8, 4) is 11.4 Å². The lowest BCUT2D eigenvalue weighted by atomic mass is 9.89. The van der Waals surface area contributed by atoms with E-state index < -0.39 is 0 Å². The molecular weight excluding hydrogens is 418 g/mol. The lowest BCUT2D eigenvalue weighted by Crippen LogP contribution is -2.57. The van der Waals surface area contributed by atoms with Crippen LogP contribution in [0.25, 0.3) is 11.4 Å². The molecule has 0 bridgehead atoms. The first kappa shape index (κ1) is 21.2. The third kappa shape index (κ3) is 4.20.